The first-order valence-corrected chi connectivity index (χ1v) is 7.56. The van der Waals surface area contributed by atoms with Gasteiger partial charge in [0.15, 0.2) is 0 Å². The first-order valence-electron chi connectivity index (χ1n) is 7.18. The number of halogens is 1. The fourth-order valence-corrected chi connectivity index (χ4v) is 3.11. The summed E-state index contributed by atoms with van der Waals surface area (Å²) < 4.78 is 1.98. The molecule has 22 heavy (non-hydrogen) atoms. The van der Waals surface area contributed by atoms with Gasteiger partial charge in [0.2, 0.25) is 0 Å². The van der Waals surface area contributed by atoms with Crippen LogP contribution in [0.25, 0.3) is 0 Å². The number of nitrogens with one attached hydrogen (secondary N) is 1. The van der Waals surface area contributed by atoms with E-state index < -0.39 is 6.10 Å². The second-order valence-corrected chi connectivity index (χ2v) is 5.99. The highest BCUT2D eigenvalue weighted by atomic mass is 35.5. The third-order valence-corrected chi connectivity index (χ3v) is 4.25. The smallest absolute Gasteiger partial charge is 0.271 e. The highest BCUT2D eigenvalue weighted by Crippen LogP contribution is 2.28. The van der Waals surface area contributed by atoms with Gasteiger partial charge in [-0.05, 0) is 30.9 Å². The molecular weight excluding hydrogens is 304 g/mol. The van der Waals surface area contributed by atoms with Crippen molar-refractivity contribution in [1.29, 1.82) is 0 Å². The zero-order valence-corrected chi connectivity index (χ0v) is 12.6. The molecule has 0 saturated heterocycles. The van der Waals surface area contributed by atoms with Gasteiger partial charge >= 0.3 is 0 Å². The van der Waals surface area contributed by atoms with Crippen molar-refractivity contribution >= 4 is 17.5 Å². The van der Waals surface area contributed by atoms with Gasteiger partial charge in [-0.25, -0.2) is 9.97 Å². The lowest BCUT2D eigenvalue weighted by molar-refractivity contribution is 0.0868. The molecule has 3 atom stereocenters. The van der Waals surface area contributed by atoms with E-state index in [4.69, 9.17) is 11.6 Å². The van der Waals surface area contributed by atoms with Crippen LogP contribution in [0.4, 0.5) is 0 Å². The SMILES string of the molecule is O=C(N[C@@H]1CC(Cn2ccnc2)C[C@H]1O)c1ncccc1Cl. The molecule has 6 nitrogen and oxygen atoms in total. The Balaban J connectivity index is 1.61. The van der Waals surface area contributed by atoms with Crippen LogP contribution in [0.1, 0.15) is 23.3 Å². The molecule has 0 radical (unpaired) electrons. The number of nitrogens with zero attached hydrogens (tertiary/aromatic N) is 3. The first kappa shape index (κ1) is 15.0. The normalized spacial score (nSPS) is 24.4. The van der Waals surface area contributed by atoms with Crippen molar-refractivity contribution in [3.05, 3.63) is 47.8 Å². The standard InChI is InChI=1S/C15H17ClN4O2/c16-11-2-1-3-18-14(11)15(22)19-12-6-10(7-13(12)21)8-20-5-4-17-9-20/h1-5,9-10,12-13,21H,6-8H2,(H,19,22)/t10?,12-,13-/m1/s1. The summed E-state index contributed by atoms with van der Waals surface area (Å²) in [4.78, 5) is 20.2. The van der Waals surface area contributed by atoms with Crippen LogP contribution < -0.4 is 5.32 Å². The summed E-state index contributed by atoms with van der Waals surface area (Å²) in [5, 5.41) is 13.3. The molecule has 0 aliphatic heterocycles. The molecule has 1 unspecified atom stereocenters. The Bertz CT molecular complexity index is 647. The van der Waals surface area contributed by atoms with E-state index in [-0.39, 0.29) is 17.6 Å². The van der Waals surface area contributed by atoms with E-state index >= 15 is 0 Å². The molecule has 2 N–H and O–H groups in total. The van der Waals surface area contributed by atoms with E-state index in [1.807, 2.05) is 10.8 Å². The summed E-state index contributed by atoms with van der Waals surface area (Å²) in [6, 6.07) is 3.01. The number of aliphatic hydroxyl groups excluding tert-OH is 1. The van der Waals surface area contributed by atoms with Crippen LogP contribution in [0.3, 0.4) is 0 Å². The van der Waals surface area contributed by atoms with Gasteiger partial charge in [-0.3, -0.25) is 4.79 Å². The molecule has 7 heteroatoms. The van der Waals surface area contributed by atoms with Crippen molar-refractivity contribution in [3.63, 3.8) is 0 Å². The Morgan fingerprint density at radius 1 is 1.45 bits per heavy atom. The summed E-state index contributed by atoms with van der Waals surface area (Å²) in [6.07, 6.45) is 7.72. The van der Waals surface area contributed by atoms with Crippen molar-refractivity contribution in [1.82, 2.24) is 19.9 Å². The average Bonchev–Trinajstić information content (AvgIpc) is 3.10. The van der Waals surface area contributed by atoms with Gasteiger partial charge in [0.05, 0.1) is 23.5 Å². The summed E-state index contributed by atoms with van der Waals surface area (Å²) in [7, 11) is 0. The van der Waals surface area contributed by atoms with Gasteiger partial charge in [0, 0.05) is 25.1 Å². The Morgan fingerprint density at radius 3 is 3.05 bits per heavy atom. The van der Waals surface area contributed by atoms with Crippen LogP contribution in [-0.4, -0.2) is 37.7 Å². The quantitative estimate of drug-likeness (QED) is 0.894. The van der Waals surface area contributed by atoms with Crippen LogP contribution in [-0.2, 0) is 6.54 Å². The number of carbonyl (C=O) groups excluding carboxylic acids is 1. The van der Waals surface area contributed by atoms with Gasteiger partial charge in [-0.1, -0.05) is 11.6 Å². The second kappa shape index (κ2) is 6.46. The summed E-state index contributed by atoms with van der Waals surface area (Å²) >= 11 is 5.97. The van der Waals surface area contributed by atoms with Crippen molar-refractivity contribution in [3.8, 4) is 0 Å². The monoisotopic (exact) mass is 320 g/mol. The predicted molar refractivity (Wildman–Crippen MR) is 81.5 cm³/mol. The maximum absolute atomic E-state index is 12.2. The first-order chi connectivity index (χ1) is 10.6. The fourth-order valence-electron chi connectivity index (χ4n) is 2.90. The molecule has 0 spiro atoms. The molecule has 0 bridgehead atoms. The number of aliphatic hydroxyl groups is 1. The lowest BCUT2D eigenvalue weighted by Gasteiger charge is -2.16. The van der Waals surface area contributed by atoms with E-state index in [9.17, 15) is 9.90 Å². The predicted octanol–water partition coefficient (Wildman–Crippen LogP) is 1.50. The van der Waals surface area contributed by atoms with Gasteiger partial charge < -0.3 is 15.0 Å². The molecule has 116 valence electrons. The molecule has 1 aliphatic carbocycles. The maximum Gasteiger partial charge on any atom is 0.271 e. The Hall–Kier alpha value is -1.92. The van der Waals surface area contributed by atoms with Crippen molar-refractivity contribution < 1.29 is 9.90 Å². The number of hydrogen-bond donors (Lipinski definition) is 2. The molecule has 1 amide bonds. The largest absolute Gasteiger partial charge is 0.391 e. The molecule has 3 rings (SSSR count). The Kier molecular flexibility index (Phi) is 4.40. The van der Waals surface area contributed by atoms with E-state index in [1.54, 1.807) is 24.7 Å². The van der Waals surface area contributed by atoms with Crippen molar-refractivity contribution in [2.75, 3.05) is 0 Å². The molecule has 1 fully saturated rings. The Labute approximate surface area is 133 Å². The number of aromatic nitrogens is 3. The average molecular weight is 321 g/mol. The van der Waals surface area contributed by atoms with Crippen LogP contribution in [0.5, 0.6) is 0 Å². The van der Waals surface area contributed by atoms with E-state index in [2.05, 4.69) is 15.3 Å². The lowest BCUT2D eigenvalue weighted by Crippen LogP contribution is -2.40. The van der Waals surface area contributed by atoms with Gasteiger partial charge in [-0.15, -0.1) is 0 Å². The molecule has 1 aliphatic rings. The van der Waals surface area contributed by atoms with Crippen LogP contribution in [0.15, 0.2) is 37.1 Å². The zero-order chi connectivity index (χ0) is 15.5. The topological polar surface area (TPSA) is 80.0 Å². The Morgan fingerprint density at radius 2 is 2.32 bits per heavy atom. The highest BCUT2D eigenvalue weighted by Gasteiger charge is 2.34. The molecule has 0 aromatic carbocycles. The third-order valence-electron chi connectivity index (χ3n) is 3.94. The number of hydrogen-bond acceptors (Lipinski definition) is 4. The number of amides is 1. The molecule has 2 heterocycles. The van der Waals surface area contributed by atoms with Gasteiger partial charge in [0.1, 0.15) is 5.69 Å². The van der Waals surface area contributed by atoms with Gasteiger partial charge in [0.25, 0.3) is 5.91 Å². The maximum atomic E-state index is 12.2. The number of rotatable bonds is 4. The molecule has 2 aromatic rings. The molecule has 2 aromatic heterocycles. The third kappa shape index (κ3) is 3.28. The van der Waals surface area contributed by atoms with Crippen LogP contribution >= 0.6 is 11.6 Å². The minimum atomic E-state index is -0.556. The molecule has 1 saturated carbocycles. The summed E-state index contributed by atoms with van der Waals surface area (Å²) in [6.45, 7) is 0.785. The lowest BCUT2D eigenvalue weighted by atomic mass is 10.1. The highest BCUT2D eigenvalue weighted by molar-refractivity contribution is 6.33. The fraction of sp³-hybridized carbons (Fsp3) is 0.400. The summed E-state index contributed by atoms with van der Waals surface area (Å²) in [5.41, 5.74) is 0.189. The van der Waals surface area contributed by atoms with Gasteiger partial charge in [-0.2, -0.15) is 0 Å². The van der Waals surface area contributed by atoms with Crippen LogP contribution in [0, 0.1) is 5.92 Å². The summed E-state index contributed by atoms with van der Waals surface area (Å²) in [5.74, 6) is -0.0494. The second-order valence-electron chi connectivity index (χ2n) is 5.58. The number of carbonyl (C=O) groups is 1. The van der Waals surface area contributed by atoms with E-state index in [1.165, 1.54) is 6.20 Å². The minimum Gasteiger partial charge on any atom is -0.391 e. The van der Waals surface area contributed by atoms with E-state index in [0.717, 1.165) is 13.0 Å². The molecular formula is C15H17ClN4O2. The van der Waals surface area contributed by atoms with Crippen molar-refractivity contribution in [2.24, 2.45) is 5.92 Å². The number of pyridine rings is 1. The van der Waals surface area contributed by atoms with E-state index in [0.29, 0.717) is 17.4 Å². The van der Waals surface area contributed by atoms with Crippen molar-refractivity contribution in [2.45, 2.75) is 31.5 Å². The van der Waals surface area contributed by atoms with Crippen LogP contribution in [0.2, 0.25) is 5.02 Å². The zero-order valence-electron chi connectivity index (χ0n) is 11.9. The minimum absolute atomic E-state index is 0.189. The number of imidazole rings is 1.